The number of benzene rings is 2. The van der Waals surface area contributed by atoms with Crippen molar-refractivity contribution in [3.05, 3.63) is 48.0 Å². The second-order valence-corrected chi connectivity index (χ2v) is 7.67. The Morgan fingerprint density at radius 3 is 2.15 bits per heavy atom. The van der Waals surface area contributed by atoms with E-state index >= 15 is 0 Å². The standard InChI is InChI=1S/C17H17F2NO5S/c1-9(2)16(17(22)23)20-26(24,25)15-8-13(18)12(7-14(15)19)10-3-5-11(21)6-4-10/h3-9,16,20-21H,1-2H3,(H,22,23)/t16-/m1/s1. The van der Waals surface area contributed by atoms with Gasteiger partial charge in [-0.3, -0.25) is 4.79 Å². The minimum atomic E-state index is -4.59. The normalized spacial score (nSPS) is 13.0. The van der Waals surface area contributed by atoms with Crippen LogP contribution in [0.25, 0.3) is 11.1 Å². The van der Waals surface area contributed by atoms with Crippen LogP contribution in [0.2, 0.25) is 0 Å². The van der Waals surface area contributed by atoms with Crippen LogP contribution in [0.3, 0.4) is 0 Å². The molecule has 0 saturated heterocycles. The minimum Gasteiger partial charge on any atom is -0.508 e. The van der Waals surface area contributed by atoms with E-state index in [4.69, 9.17) is 5.11 Å². The Hall–Kier alpha value is -2.52. The van der Waals surface area contributed by atoms with Crippen LogP contribution in [0.15, 0.2) is 41.3 Å². The van der Waals surface area contributed by atoms with Crippen molar-refractivity contribution in [2.45, 2.75) is 24.8 Å². The second-order valence-electron chi connectivity index (χ2n) is 5.99. The second kappa shape index (κ2) is 7.38. The van der Waals surface area contributed by atoms with Crippen LogP contribution in [-0.2, 0) is 14.8 Å². The number of halogens is 2. The van der Waals surface area contributed by atoms with Crippen molar-refractivity contribution in [3.63, 3.8) is 0 Å². The van der Waals surface area contributed by atoms with Crippen LogP contribution in [0.4, 0.5) is 8.78 Å². The Kier molecular flexibility index (Phi) is 5.62. The Morgan fingerprint density at radius 2 is 1.65 bits per heavy atom. The molecule has 0 spiro atoms. The van der Waals surface area contributed by atoms with Crippen molar-refractivity contribution >= 4 is 16.0 Å². The van der Waals surface area contributed by atoms with Gasteiger partial charge in [0.25, 0.3) is 0 Å². The molecule has 0 saturated carbocycles. The zero-order valence-electron chi connectivity index (χ0n) is 13.9. The number of carbonyl (C=O) groups is 1. The van der Waals surface area contributed by atoms with Gasteiger partial charge in [-0.15, -0.1) is 0 Å². The number of carboxylic acids is 1. The quantitative estimate of drug-likeness (QED) is 0.709. The Morgan fingerprint density at radius 1 is 1.08 bits per heavy atom. The summed E-state index contributed by atoms with van der Waals surface area (Å²) in [6.45, 7) is 2.96. The number of nitrogens with one attached hydrogen (secondary N) is 1. The first-order chi connectivity index (χ1) is 12.0. The fraction of sp³-hybridized carbons (Fsp3) is 0.235. The van der Waals surface area contributed by atoms with Gasteiger partial charge in [0.1, 0.15) is 28.3 Å². The minimum absolute atomic E-state index is 0.0635. The number of rotatable bonds is 6. The van der Waals surface area contributed by atoms with Crippen LogP contribution < -0.4 is 4.72 Å². The van der Waals surface area contributed by atoms with E-state index in [0.717, 1.165) is 0 Å². The summed E-state index contributed by atoms with van der Waals surface area (Å²) < 4.78 is 55.2. The zero-order valence-corrected chi connectivity index (χ0v) is 14.7. The molecule has 2 rings (SSSR count). The van der Waals surface area contributed by atoms with Gasteiger partial charge in [-0.25, -0.2) is 17.2 Å². The molecular formula is C17H17F2NO5S. The third-order valence-corrected chi connectivity index (χ3v) is 5.16. The monoisotopic (exact) mass is 385 g/mol. The lowest BCUT2D eigenvalue weighted by Gasteiger charge is -2.18. The van der Waals surface area contributed by atoms with Crippen molar-refractivity contribution < 1.29 is 32.2 Å². The number of aromatic hydroxyl groups is 1. The molecule has 9 heteroatoms. The van der Waals surface area contributed by atoms with Gasteiger partial charge >= 0.3 is 5.97 Å². The summed E-state index contributed by atoms with van der Waals surface area (Å²) in [5.41, 5.74) is 0.0433. The molecular weight excluding hydrogens is 368 g/mol. The summed E-state index contributed by atoms with van der Waals surface area (Å²) in [4.78, 5) is 10.2. The lowest BCUT2D eigenvalue weighted by Crippen LogP contribution is -2.44. The average Bonchev–Trinajstić information content (AvgIpc) is 2.54. The number of aliphatic carboxylic acids is 1. The smallest absolute Gasteiger partial charge is 0.322 e. The third kappa shape index (κ3) is 4.17. The lowest BCUT2D eigenvalue weighted by atomic mass is 10.0. The number of hydrogen-bond acceptors (Lipinski definition) is 4. The first-order valence-electron chi connectivity index (χ1n) is 7.56. The highest BCUT2D eigenvalue weighted by Gasteiger charge is 2.30. The molecule has 26 heavy (non-hydrogen) atoms. The van der Waals surface area contributed by atoms with Crippen molar-refractivity contribution in [2.24, 2.45) is 5.92 Å². The van der Waals surface area contributed by atoms with E-state index in [0.29, 0.717) is 12.1 Å². The van der Waals surface area contributed by atoms with Gasteiger partial charge in [0.15, 0.2) is 0 Å². The summed E-state index contributed by atoms with van der Waals surface area (Å²) in [6.07, 6.45) is 0. The molecule has 0 radical (unpaired) electrons. The predicted octanol–water partition coefficient (Wildman–Crippen LogP) is 2.72. The fourth-order valence-corrected chi connectivity index (χ4v) is 3.71. The molecule has 0 aliphatic rings. The number of carboxylic acid groups (broad SMARTS) is 1. The summed E-state index contributed by atoms with van der Waals surface area (Å²) in [5.74, 6) is -4.33. The Bertz CT molecular complexity index is 927. The van der Waals surface area contributed by atoms with Crippen LogP contribution >= 0.6 is 0 Å². The summed E-state index contributed by atoms with van der Waals surface area (Å²) in [5, 5.41) is 18.3. The van der Waals surface area contributed by atoms with Gasteiger partial charge in [-0.1, -0.05) is 26.0 Å². The Labute approximate surface area is 149 Å². The summed E-state index contributed by atoms with van der Waals surface area (Å²) in [6, 6.07) is 4.97. The van der Waals surface area contributed by atoms with Crippen LogP contribution in [0.1, 0.15) is 13.8 Å². The average molecular weight is 385 g/mol. The fourth-order valence-electron chi connectivity index (χ4n) is 2.30. The number of hydrogen-bond donors (Lipinski definition) is 3. The maximum Gasteiger partial charge on any atom is 0.322 e. The first-order valence-corrected chi connectivity index (χ1v) is 9.05. The van der Waals surface area contributed by atoms with E-state index in [1.54, 1.807) is 0 Å². The largest absolute Gasteiger partial charge is 0.508 e. The van der Waals surface area contributed by atoms with Crippen molar-refractivity contribution in [1.82, 2.24) is 4.72 Å². The number of sulfonamides is 1. The molecule has 6 nitrogen and oxygen atoms in total. The highest BCUT2D eigenvalue weighted by atomic mass is 32.2. The molecule has 0 unspecified atom stereocenters. The highest BCUT2D eigenvalue weighted by molar-refractivity contribution is 7.89. The molecule has 0 bridgehead atoms. The van der Waals surface area contributed by atoms with Gasteiger partial charge in [-0.05, 0) is 35.7 Å². The van der Waals surface area contributed by atoms with E-state index in [1.807, 2.05) is 4.72 Å². The summed E-state index contributed by atoms with van der Waals surface area (Å²) in [7, 11) is -4.59. The molecule has 2 aromatic rings. The van der Waals surface area contributed by atoms with Gasteiger partial charge < -0.3 is 10.2 Å². The molecule has 0 aromatic heterocycles. The highest BCUT2D eigenvalue weighted by Crippen LogP contribution is 2.29. The van der Waals surface area contributed by atoms with Gasteiger partial charge in [-0.2, -0.15) is 4.72 Å². The van der Waals surface area contributed by atoms with Crippen LogP contribution in [0.5, 0.6) is 5.75 Å². The van der Waals surface area contributed by atoms with Crippen molar-refractivity contribution in [2.75, 3.05) is 0 Å². The van der Waals surface area contributed by atoms with Crippen molar-refractivity contribution in [3.8, 4) is 16.9 Å². The zero-order chi connectivity index (χ0) is 19.6. The van der Waals surface area contributed by atoms with E-state index in [-0.39, 0.29) is 16.9 Å². The molecule has 3 N–H and O–H groups in total. The third-order valence-electron chi connectivity index (χ3n) is 3.70. The molecule has 0 aliphatic carbocycles. The Balaban J connectivity index is 2.46. The van der Waals surface area contributed by atoms with Crippen LogP contribution in [-0.4, -0.2) is 30.6 Å². The van der Waals surface area contributed by atoms with E-state index < -0.39 is 44.5 Å². The van der Waals surface area contributed by atoms with Gasteiger partial charge in [0, 0.05) is 5.56 Å². The predicted molar refractivity (Wildman–Crippen MR) is 90.0 cm³/mol. The topological polar surface area (TPSA) is 104 Å². The molecule has 0 fully saturated rings. The molecule has 1 atom stereocenters. The van der Waals surface area contributed by atoms with Gasteiger partial charge in [0.2, 0.25) is 10.0 Å². The van der Waals surface area contributed by atoms with E-state index in [2.05, 4.69) is 0 Å². The summed E-state index contributed by atoms with van der Waals surface area (Å²) >= 11 is 0. The molecule has 0 aliphatic heterocycles. The van der Waals surface area contributed by atoms with Crippen LogP contribution in [0, 0.1) is 17.6 Å². The van der Waals surface area contributed by atoms with Gasteiger partial charge in [0.05, 0.1) is 0 Å². The number of phenols is 1. The van der Waals surface area contributed by atoms with E-state index in [1.165, 1.54) is 38.1 Å². The molecule has 140 valence electrons. The van der Waals surface area contributed by atoms with E-state index in [9.17, 15) is 27.1 Å². The van der Waals surface area contributed by atoms with Crippen molar-refractivity contribution in [1.29, 1.82) is 0 Å². The first kappa shape index (κ1) is 19.8. The maximum absolute atomic E-state index is 14.4. The lowest BCUT2D eigenvalue weighted by molar-refractivity contribution is -0.140. The maximum atomic E-state index is 14.4. The SMILES string of the molecule is CC(C)[C@@H](NS(=O)(=O)c1cc(F)c(-c2ccc(O)cc2)cc1F)C(=O)O. The molecule has 0 amide bonds. The molecule has 2 aromatic carbocycles. The molecule has 0 heterocycles. The number of phenolic OH excluding ortho intramolecular Hbond substituents is 1.